The molecule has 0 saturated carbocycles. The van der Waals surface area contributed by atoms with Crippen LogP contribution in [0, 0.1) is 0 Å². The average molecular weight is 273 g/mol. The minimum absolute atomic E-state index is 0.184. The van der Waals surface area contributed by atoms with Gasteiger partial charge in [0.1, 0.15) is 6.10 Å². The van der Waals surface area contributed by atoms with Gasteiger partial charge in [-0.3, -0.25) is 0 Å². The first-order valence-corrected chi connectivity index (χ1v) is 7.76. The summed E-state index contributed by atoms with van der Waals surface area (Å²) in [6.45, 7) is 4.81. The van der Waals surface area contributed by atoms with Crippen molar-refractivity contribution < 1.29 is 4.74 Å². The number of benzene rings is 1. The second-order valence-corrected chi connectivity index (χ2v) is 5.72. The fourth-order valence-electron chi connectivity index (χ4n) is 2.61. The Morgan fingerprint density at radius 2 is 2.16 bits per heavy atom. The van der Waals surface area contributed by atoms with E-state index in [9.17, 15) is 0 Å². The molecule has 1 aliphatic rings. The molecule has 100 valence electrons. The number of fused-ring (bicyclic) bond motifs is 3. The summed E-state index contributed by atoms with van der Waals surface area (Å²) in [4.78, 5) is 1.35. The van der Waals surface area contributed by atoms with Crippen LogP contribution >= 0.6 is 11.3 Å². The van der Waals surface area contributed by atoms with E-state index in [4.69, 9.17) is 4.74 Å². The van der Waals surface area contributed by atoms with E-state index < -0.39 is 0 Å². The summed E-state index contributed by atoms with van der Waals surface area (Å²) in [5, 5.41) is 5.58. The van der Waals surface area contributed by atoms with E-state index in [-0.39, 0.29) is 6.10 Å². The normalized spacial score (nSPS) is 18.3. The number of nitrogens with one attached hydrogen (secondary N) is 1. The molecule has 3 rings (SSSR count). The Morgan fingerprint density at radius 1 is 1.26 bits per heavy atom. The Bertz CT molecular complexity index is 549. The number of hydrogen-bond donors (Lipinski definition) is 1. The Kier molecular flexibility index (Phi) is 3.97. The van der Waals surface area contributed by atoms with Crippen molar-refractivity contribution in [2.45, 2.75) is 19.4 Å². The molecule has 0 fully saturated rings. The summed E-state index contributed by atoms with van der Waals surface area (Å²) in [6, 6.07) is 10.9. The van der Waals surface area contributed by atoms with Crippen LogP contribution in [0.3, 0.4) is 0 Å². The molecule has 0 bridgehead atoms. The van der Waals surface area contributed by atoms with Crippen LogP contribution in [0.1, 0.15) is 23.5 Å². The monoisotopic (exact) mass is 273 g/mol. The maximum Gasteiger partial charge on any atom is 0.105 e. The summed E-state index contributed by atoms with van der Waals surface area (Å²) < 4.78 is 6.07. The van der Waals surface area contributed by atoms with Crippen LogP contribution < -0.4 is 5.32 Å². The molecule has 1 aromatic carbocycles. The number of rotatable bonds is 3. The lowest BCUT2D eigenvalue weighted by Gasteiger charge is -2.23. The maximum absolute atomic E-state index is 6.07. The highest BCUT2D eigenvalue weighted by Crippen LogP contribution is 2.38. The molecule has 2 nitrogen and oxygen atoms in total. The van der Waals surface area contributed by atoms with Gasteiger partial charge in [-0.1, -0.05) is 31.2 Å². The molecular weight excluding hydrogens is 254 g/mol. The predicted octanol–water partition coefficient (Wildman–Crippen LogP) is 3.64. The molecular formula is C16H19NOS. The van der Waals surface area contributed by atoms with Crippen LogP contribution in [0.2, 0.25) is 0 Å². The van der Waals surface area contributed by atoms with Gasteiger partial charge in [0.25, 0.3) is 0 Å². The molecule has 1 unspecified atom stereocenters. The first-order valence-electron chi connectivity index (χ1n) is 6.88. The van der Waals surface area contributed by atoms with Crippen LogP contribution in [0.5, 0.6) is 0 Å². The van der Waals surface area contributed by atoms with Crippen molar-refractivity contribution in [2.24, 2.45) is 0 Å². The highest BCUT2D eigenvalue weighted by atomic mass is 32.1. The largest absolute Gasteiger partial charge is 0.371 e. The number of likely N-dealkylation sites (N-methyl/N-ethyl adjacent to an activating group) is 1. The molecule has 0 radical (unpaired) electrons. The number of thiophene rings is 1. The molecule has 1 atom stereocenters. The van der Waals surface area contributed by atoms with Gasteiger partial charge >= 0.3 is 0 Å². The second kappa shape index (κ2) is 5.87. The Labute approximate surface area is 118 Å². The van der Waals surface area contributed by atoms with Gasteiger partial charge < -0.3 is 10.1 Å². The van der Waals surface area contributed by atoms with Crippen molar-refractivity contribution in [3.05, 3.63) is 46.2 Å². The first-order chi connectivity index (χ1) is 9.40. The fourth-order valence-corrected chi connectivity index (χ4v) is 3.57. The SMILES string of the molecule is CCNCC1OCCc2ccccc2-c2ccsc21. The molecule has 2 heterocycles. The Balaban J connectivity index is 2.01. The summed E-state index contributed by atoms with van der Waals surface area (Å²) in [6.07, 6.45) is 1.18. The molecule has 19 heavy (non-hydrogen) atoms. The zero-order chi connectivity index (χ0) is 13.1. The summed E-state index contributed by atoms with van der Waals surface area (Å²) in [7, 11) is 0. The average Bonchev–Trinajstić information content (AvgIpc) is 2.89. The minimum atomic E-state index is 0.184. The van der Waals surface area contributed by atoms with Gasteiger partial charge in [0.05, 0.1) is 6.61 Å². The van der Waals surface area contributed by atoms with Gasteiger partial charge in [-0.2, -0.15) is 0 Å². The summed E-state index contributed by atoms with van der Waals surface area (Å²) in [5.74, 6) is 0. The quantitative estimate of drug-likeness (QED) is 0.922. The highest BCUT2D eigenvalue weighted by Gasteiger charge is 2.21. The van der Waals surface area contributed by atoms with Crippen LogP contribution in [0.25, 0.3) is 11.1 Å². The third kappa shape index (κ3) is 2.59. The third-order valence-electron chi connectivity index (χ3n) is 3.57. The zero-order valence-electron chi connectivity index (χ0n) is 11.2. The lowest BCUT2D eigenvalue weighted by molar-refractivity contribution is 0.0570. The molecule has 0 spiro atoms. The standard InChI is InChI=1S/C16H19NOS/c1-2-17-11-15-16-14(8-10-19-16)13-6-4-3-5-12(13)7-9-18-15/h3-6,8,10,15,17H,2,7,9,11H2,1H3. The van der Waals surface area contributed by atoms with Crippen LogP contribution in [-0.2, 0) is 11.2 Å². The van der Waals surface area contributed by atoms with E-state index in [1.165, 1.54) is 21.6 Å². The number of ether oxygens (including phenoxy) is 1. The van der Waals surface area contributed by atoms with Crippen molar-refractivity contribution in [3.63, 3.8) is 0 Å². The molecule has 2 aromatic rings. The molecule has 0 aliphatic carbocycles. The minimum Gasteiger partial charge on any atom is -0.371 e. The molecule has 1 aliphatic heterocycles. The molecule has 0 amide bonds. The van der Waals surface area contributed by atoms with Gasteiger partial charge in [0.15, 0.2) is 0 Å². The second-order valence-electron chi connectivity index (χ2n) is 4.77. The van der Waals surface area contributed by atoms with Crippen molar-refractivity contribution in [1.29, 1.82) is 0 Å². The molecule has 3 heteroatoms. The Morgan fingerprint density at radius 3 is 3.05 bits per heavy atom. The lowest BCUT2D eigenvalue weighted by atomic mass is 9.96. The first kappa shape index (κ1) is 12.9. The van der Waals surface area contributed by atoms with E-state index >= 15 is 0 Å². The van der Waals surface area contributed by atoms with Gasteiger partial charge in [-0.25, -0.2) is 0 Å². The van der Waals surface area contributed by atoms with Crippen molar-refractivity contribution in [3.8, 4) is 11.1 Å². The van der Waals surface area contributed by atoms with Gasteiger partial charge in [-0.15, -0.1) is 11.3 Å². The van der Waals surface area contributed by atoms with Crippen molar-refractivity contribution >= 4 is 11.3 Å². The van der Waals surface area contributed by atoms with Crippen LogP contribution in [-0.4, -0.2) is 19.7 Å². The number of hydrogen-bond acceptors (Lipinski definition) is 3. The third-order valence-corrected chi connectivity index (χ3v) is 4.57. The van der Waals surface area contributed by atoms with E-state index in [0.29, 0.717) is 0 Å². The van der Waals surface area contributed by atoms with Crippen LogP contribution in [0.15, 0.2) is 35.7 Å². The van der Waals surface area contributed by atoms with E-state index in [0.717, 1.165) is 26.1 Å². The van der Waals surface area contributed by atoms with Crippen LogP contribution in [0.4, 0.5) is 0 Å². The highest BCUT2D eigenvalue weighted by molar-refractivity contribution is 7.10. The maximum atomic E-state index is 6.07. The van der Waals surface area contributed by atoms with E-state index in [1.807, 2.05) is 0 Å². The van der Waals surface area contributed by atoms with Gasteiger partial charge in [0.2, 0.25) is 0 Å². The molecule has 1 aromatic heterocycles. The zero-order valence-corrected chi connectivity index (χ0v) is 12.0. The fraction of sp³-hybridized carbons (Fsp3) is 0.375. The van der Waals surface area contributed by atoms with Gasteiger partial charge in [-0.05, 0) is 41.1 Å². The molecule has 0 saturated heterocycles. The smallest absolute Gasteiger partial charge is 0.105 e. The predicted molar refractivity (Wildman–Crippen MR) is 80.7 cm³/mol. The topological polar surface area (TPSA) is 21.3 Å². The lowest BCUT2D eigenvalue weighted by Crippen LogP contribution is -2.24. The Hall–Kier alpha value is -1.16. The van der Waals surface area contributed by atoms with E-state index in [2.05, 4.69) is 48.0 Å². The van der Waals surface area contributed by atoms with E-state index in [1.54, 1.807) is 11.3 Å². The van der Waals surface area contributed by atoms with Crippen molar-refractivity contribution in [2.75, 3.05) is 19.7 Å². The molecule has 1 N–H and O–H groups in total. The van der Waals surface area contributed by atoms with Gasteiger partial charge in [0, 0.05) is 11.4 Å². The summed E-state index contributed by atoms with van der Waals surface area (Å²) in [5.41, 5.74) is 4.12. The summed E-state index contributed by atoms with van der Waals surface area (Å²) >= 11 is 1.81. The van der Waals surface area contributed by atoms with Crippen molar-refractivity contribution in [1.82, 2.24) is 5.32 Å².